The Bertz CT molecular complexity index is 692. The lowest BCUT2D eigenvalue weighted by molar-refractivity contribution is -0.124. The summed E-state index contributed by atoms with van der Waals surface area (Å²) in [6.07, 6.45) is 4.84. The van der Waals surface area contributed by atoms with E-state index in [2.05, 4.69) is 11.0 Å². The van der Waals surface area contributed by atoms with Gasteiger partial charge in [-0.15, -0.1) is 0 Å². The van der Waals surface area contributed by atoms with Crippen LogP contribution in [0.3, 0.4) is 0 Å². The van der Waals surface area contributed by atoms with E-state index in [-0.39, 0.29) is 0 Å². The Morgan fingerprint density at radius 2 is 2.17 bits per heavy atom. The highest BCUT2D eigenvalue weighted by Crippen LogP contribution is 2.14. The highest BCUT2D eigenvalue weighted by atomic mass is 16.5. The summed E-state index contributed by atoms with van der Waals surface area (Å²) in [6, 6.07) is 11.8. The molecule has 1 heterocycles. The fourth-order valence-electron chi connectivity index (χ4n) is 2.34. The highest BCUT2D eigenvalue weighted by Gasteiger charge is 2.01. The predicted octanol–water partition coefficient (Wildman–Crippen LogP) is 2.15. The molecule has 2 aromatic rings. The van der Waals surface area contributed by atoms with E-state index in [1.54, 1.807) is 11.6 Å². The van der Waals surface area contributed by atoms with Gasteiger partial charge < -0.3 is 14.2 Å². The van der Waals surface area contributed by atoms with E-state index in [0.29, 0.717) is 13.2 Å². The molecule has 0 radical (unpaired) electrons. The first-order chi connectivity index (χ1) is 11.6. The molecule has 0 atom stereocenters. The number of aromatic nitrogens is 1. The molecular weight excluding hydrogens is 306 g/mol. The summed E-state index contributed by atoms with van der Waals surface area (Å²) >= 11 is 0. The number of benzene rings is 1. The van der Waals surface area contributed by atoms with Crippen LogP contribution in [0.4, 0.5) is 0 Å². The van der Waals surface area contributed by atoms with Gasteiger partial charge in [0.2, 0.25) is 0 Å². The van der Waals surface area contributed by atoms with Crippen LogP contribution < -0.4 is 10.2 Å². The van der Waals surface area contributed by atoms with Gasteiger partial charge in [0.05, 0.1) is 6.54 Å². The monoisotopic (exact) mass is 329 g/mol. The second-order valence-corrected chi connectivity index (χ2v) is 5.67. The first-order valence-electron chi connectivity index (χ1n) is 7.72. The van der Waals surface area contributed by atoms with Crippen LogP contribution in [0.1, 0.15) is 11.3 Å². The van der Waals surface area contributed by atoms with Crippen LogP contribution in [0.25, 0.3) is 6.08 Å². The van der Waals surface area contributed by atoms with E-state index < -0.39 is 5.91 Å². The van der Waals surface area contributed by atoms with Crippen LogP contribution in [-0.4, -0.2) is 41.3 Å². The number of nitrogens with zero attached hydrogens (tertiary/aromatic N) is 2. The molecule has 2 N–H and O–H groups in total. The molecule has 0 fully saturated rings. The molecule has 0 aliphatic rings. The molecule has 0 unspecified atom stereocenters. The Kier molecular flexibility index (Phi) is 6.60. The van der Waals surface area contributed by atoms with E-state index >= 15 is 0 Å². The Hall–Kier alpha value is -2.57. The molecular formula is C18H23N3O3. The lowest BCUT2D eigenvalue weighted by Crippen LogP contribution is -2.15. The Balaban J connectivity index is 1.90. The minimum Gasteiger partial charge on any atom is -0.492 e. The number of rotatable bonds is 8. The van der Waals surface area contributed by atoms with Gasteiger partial charge in [-0.05, 0) is 50.0 Å². The number of hydrogen-bond donors (Lipinski definition) is 2. The van der Waals surface area contributed by atoms with Crippen molar-refractivity contribution in [2.75, 3.05) is 20.7 Å². The van der Waals surface area contributed by atoms with E-state index in [0.717, 1.165) is 18.0 Å². The first-order valence-corrected chi connectivity index (χ1v) is 7.72. The summed E-state index contributed by atoms with van der Waals surface area (Å²) in [6.45, 7) is 2.05. The SMILES string of the molecule is CN(C)Cc1cccc(OCCn2cccc2/C=C/C(=O)NO)c1. The number of hydroxylamine groups is 1. The van der Waals surface area contributed by atoms with Gasteiger partial charge in [-0.3, -0.25) is 10.0 Å². The second-order valence-electron chi connectivity index (χ2n) is 5.67. The normalized spacial score (nSPS) is 11.2. The van der Waals surface area contributed by atoms with Crippen molar-refractivity contribution in [2.24, 2.45) is 0 Å². The molecule has 0 saturated heterocycles. The number of hydrogen-bond acceptors (Lipinski definition) is 4. The minimum atomic E-state index is -0.559. The molecule has 1 aromatic carbocycles. The quantitative estimate of drug-likeness (QED) is 0.442. The van der Waals surface area contributed by atoms with Crippen LogP contribution in [0.15, 0.2) is 48.7 Å². The van der Waals surface area contributed by atoms with Gasteiger partial charge in [-0.2, -0.15) is 0 Å². The van der Waals surface area contributed by atoms with E-state index in [9.17, 15) is 4.79 Å². The van der Waals surface area contributed by atoms with Crippen molar-refractivity contribution >= 4 is 12.0 Å². The molecule has 0 aliphatic carbocycles. The smallest absolute Gasteiger partial charge is 0.267 e. The summed E-state index contributed by atoms with van der Waals surface area (Å²) in [5, 5.41) is 8.50. The molecule has 0 bridgehead atoms. The van der Waals surface area contributed by atoms with Crippen LogP contribution in [0, 0.1) is 0 Å². The van der Waals surface area contributed by atoms with Crippen LogP contribution in [0.2, 0.25) is 0 Å². The maximum atomic E-state index is 11.0. The molecule has 1 aromatic heterocycles. The molecule has 0 aliphatic heterocycles. The van der Waals surface area contributed by atoms with E-state index in [1.165, 1.54) is 11.6 Å². The van der Waals surface area contributed by atoms with E-state index in [4.69, 9.17) is 9.94 Å². The van der Waals surface area contributed by atoms with Crippen molar-refractivity contribution in [2.45, 2.75) is 13.1 Å². The maximum absolute atomic E-state index is 11.0. The summed E-state index contributed by atoms with van der Waals surface area (Å²) < 4.78 is 7.80. The van der Waals surface area contributed by atoms with Crippen molar-refractivity contribution in [1.82, 2.24) is 14.9 Å². The molecule has 0 spiro atoms. The molecule has 0 saturated carbocycles. The van der Waals surface area contributed by atoms with Crippen molar-refractivity contribution < 1.29 is 14.7 Å². The third-order valence-electron chi connectivity index (χ3n) is 3.38. The summed E-state index contributed by atoms with van der Waals surface area (Å²) in [5.41, 5.74) is 3.64. The summed E-state index contributed by atoms with van der Waals surface area (Å²) in [7, 11) is 4.07. The third kappa shape index (κ3) is 5.57. The maximum Gasteiger partial charge on any atom is 0.267 e. The molecule has 6 heteroatoms. The zero-order valence-corrected chi connectivity index (χ0v) is 14.0. The third-order valence-corrected chi connectivity index (χ3v) is 3.38. The average Bonchev–Trinajstić information content (AvgIpc) is 3.00. The Morgan fingerprint density at radius 1 is 1.33 bits per heavy atom. The number of nitrogens with one attached hydrogen (secondary N) is 1. The lowest BCUT2D eigenvalue weighted by Gasteiger charge is -2.12. The lowest BCUT2D eigenvalue weighted by atomic mass is 10.2. The van der Waals surface area contributed by atoms with Crippen molar-refractivity contribution in [3.8, 4) is 5.75 Å². The fourth-order valence-corrected chi connectivity index (χ4v) is 2.34. The molecule has 2 rings (SSSR count). The van der Waals surface area contributed by atoms with Crippen LogP contribution >= 0.6 is 0 Å². The minimum absolute atomic E-state index is 0.521. The molecule has 24 heavy (non-hydrogen) atoms. The standard InChI is InChI=1S/C18H23N3O3/c1-20(2)14-15-5-3-7-17(13-15)24-12-11-21-10-4-6-16(21)8-9-18(22)19-23/h3-10,13,23H,11-12,14H2,1-2H3,(H,19,22)/b9-8+. The number of carbonyl (C=O) groups excluding carboxylic acids is 1. The average molecular weight is 329 g/mol. The van der Waals surface area contributed by atoms with Gasteiger partial charge in [-0.1, -0.05) is 12.1 Å². The van der Waals surface area contributed by atoms with Crippen molar-refractivity contribution in [3.63, 3.8) is 0 Å². The van der Waals surface area contributed by atoms with Crippen LogP contribution in [0.5, 0.6) is 5.75 Å². The van der Waals surface area contributed by atoms with Gasteiger partial charge >= 0.3 is 0 Å². The zero-order chi connectivity index (χ0) is 17.4. The van der Waals surface area contributed by atoms with Gasteiger partial charge in [0, 0.05) is 24.5 Å². The van der Waals surface area contributed by atoms with Gasteiger partial charge in [0.25, 0.3) is 5.91 Å². The predicted molar refractivity (Wildman–Crippen MR) is 92.7 cm³/mol. The molecule has 6 nitrogen and oxygen atoms in total. The van der Waals surface area contributed by atoms with Crippen molar-refractivity contribution in [1.29, 1.82) is 0 Å². The van der Waals surface area contributed by atoms with Gasteiger partial charge in [0.15, 0.2) is 0 Å². The Labute approximate surface area is 141 Å². The number of ether oxygens (including phenoxy) is 1. The topological polar surface area (TPSA) is 66.7 Å². The first kappa shape index (κ1) is 17.8. The van der Waals surface area contributed by atoms with Crippen molar-refractivity contribution in [3.05, 3.63) is 59.9 Å². The zero-order valence-electron chi connectivity index (χ0n) is 14.0. The largest absolute Gasteiger partial charge is 0.492 e. The molecule has 1 amide bonds. The number of carbonyl (C=O) groups is 1. The molecule has 128 valence electrons. The van der Waals surface area contributed by atoms with Crippen LogP contribution in [-0.2, 0) is 17.9 Å². The highest BCUT2D eigenvalue weighted by molar-refractivity contribution is 5.90. The van der Waals surface area contributed by atoms with Gasteiger partial charge in [0.1, 0.15) is 12.4 Å². The summed E-state index contributed by atoms with van der Waals surface area (Å²) in [5.74, 6) is 0.287. The van der Waals surface area contributed by atoms with Gasteiger partial charge in [-0.25, -0.2) is 5.48 Å². The number of amides is 1. The fraction of sp³-hybridized carbons (Fsp3) is 0.278. The summed E-state index contributed by atoms with van der Waals surface area (Å²) in [4.78, 5) is 13.2. The second kappa shape index (κ2) is 8.90. The van der Waals surface area contributed by atoms with E-state index in [1.807, 2.05) is 55.2 Å². The Morgan fingerprint density at radius 3 is 2.92 bits per heavy atom.